The maximum Gasteiger partial charge on any atom is 0.342 e. The van der Waals surface area contributed by atoms with E-state index in [0.717, 1.165) is 36.1 Å². The van der Waals surface area contributed by atoms with Crippen molar-refractivity contribution in [3.05, 3.63) is 71.3 Å². The summed E-state index contributed by atoms with van der Waals surface area (Å²) < 4.78 is 36.7. The Bertz CT molecular complexity index is 1340. The molecule has 0 radical (unpaired) electrons. The molecule has 0 aliphatic rings. The van der Waals surface area contributed by atoms with E-state index < -0.39 is 16.6 Å². The van der Waals surface area contributed by atoms with E-state index in [0.29, 0.717) is 37.6 Å². The molecule has 0 bridgehead atoms. The Morgan fingerprint density at radius 3 is 2.06 bits per heavy atom. The van der Waals surface area contributed by atoms with Crippen molar-refractivity contribution in [3.63, 3.8) is 0 Å². The van der Waals surface area contributed by atoms with Crippen molar-refractivity contribution in [2.75, 3.05) is 27.4 Å². The highest BCUT2D eigenvalue weighted by Gasteiger charge is 2.41. The summed E-state index contributed by atoms with van der Waals surface area (Å²) in [7, 11) is -0.747. The fourth-order valence-electron chi connectivity index (χ4n) is 5.10. The zero-order valence-electron chi connectivity index (χ0n) is 33.7. The van der Waals surface area contributed by atoms with Crippen LogP contribution >= 0.6 is 0 Å². The summed E-state index contributed by atoms with van der Waals surface area (Å²) >= 11 is 0. The molecule has 3 atom stereocenters. The molecule has 0 saturated carbocycles. The molecule has 0 saturated heterocycles. The maximum atomic E-state index is 12.8. The number of esters is 1. The fraction of sp³-hybridized carbons (Fsp3) is 0.634. The summed E-state index contributed by atoms with van der Waals surface area (Å²) in [4.78, 5) is 12.8. The minimum absolute atomic E-state index is 0.00110. The molecule has 7 nitrogen and oxygen atoms in total. The van der Waals surface area contributed by atoms with Crippen LogP contribution in [0.5, 0.6) is 11.5 Å². The fourth-order valence-corrected chi connectivity index (χ4v) is 7.60. The van der Waals surface area contributed by atoms with E-state index in [4.69, 9.17) is 27.8 Å². The number of ether oxygens (including phenoxy) is 4. The Balaban J connectivity index is 2.31. The van der Waals surface area contributed by atoms with Gasteiger partial charge in [0.25, 0.3) is 0 Å². The SMILES string of the molecule is CCOC(=O)c1c(C/C=C/C[C@@H](C)[C@H](C[C@@H](CCO[Si](C)(C)C(C)(C)C)OCc2ccc(OC)cc2)O[Si](C)(C)C(C)(C)C)cccc1OC. The van der Waals surface area contributed by atoms with E-state index in [9.17, 15) is 4.79 Å². The van der Waals surface area contributed by atoms with Crippen molar-refractivity contribution in [3.8, 4) is 11.5 Å². The lowest BCUT2D eigenvalue weighted by Crippen LogP contribution is -2.46. The van der Waals surface area contributed by atoms with Gasteiger partial charge in [-0.3, -0.25) is 0 Å². The molecule has 9 heteroatoms. The van der Waals surface area contributed by atoms with E-state index in [1.807, 2.05) is 31.2 Å². The smallest absolute Gasteiger partial charge is 0.342 e. The summed E-state index contributed by atoms with van der Waals surface area (Å²) in [5.74, 6) is 1.25. The molecular weight excluding hydrogens is 661 g/mol. The third kappa shape index (κ3) is 13.3. The Morgan fingerprint density at radius 1 is 0.860 bits per heavy atom. The van der Waals surface area contributed by atoms with Gasteiger partial charge in [0.05, 0.1) is 39.6 Å². The van der Waals surface area contributed by atoms with Crippen molar-refractivity contribution in [2.45, 2.75) is 136 Å². The first-order valence-corrected chi connectivity index (χ1v) is 24.1. The van der Waals surface area contributed by atoms with Gasteiger partial charge in [-0.15, -0.1) is 0 Å². The second-order valence-electron chi connectivity index (χ2n) is 16.4. The average molecular weight is 729 g/mol. The Labute approximate surface area is 306 Å². The van der Waals surface area contributed by atoms with E-state index in [1.165, 1.54) is 0 Å². The lowest BCUT2D eigenvalue weighted by Gasteiger charge is -2.42. The van der Waals surface area contributed by atoms with E-state index >= 15 is 0 Å². The van der Waals surface area contributed by atoms with Crippen molar-refractivity contribution in [2.24, 2.45) is 5.92 Å². The van der Waals surface area contributed by atoms with Crippen LogP contribution in [0, 0.1) is 5.92 Å². The van der Waals surface area contributed by atoms with Gasteiger partial charge in [-0.2, -0.15) is 0 Å². The number of carbonyl (C=O) groups excluding carboxylic acids is 1. The number of hydrogen-bond donors (Lipinski definition) is 0. The predicted molar refractivity (Wildman–Crippen MR) is 212 cm³/mol. The minimum Gasteiger partial charge on any atom is -0.497 e. The molecule has 2 aromatic carbocycles. The van der Waals surface area contributed by atoms with Crippen molar-refractivity contribution >= 4 is 22.6 Å². The molecule has 282 valence electrons. The van der Waals surface area contributed by atoms with Crippen LogP contribution in [-0.4, -0.2) is 62.2 Å². The number of carbonyl (C=O) groups is 1. The minimum atomic E-state index is -2.10. The van der Waals surface area contributed by atoms with Gasteiger partial charge in [0.2, 0.25) is 0 Å². The molecule has 0 spiro atoms. The largest absolute Gasteiger partial charge is 0.497 e. The zero-order valence-corrected chi connectivity index (χ0v) is 35.7. The van der Waals surface area contributed by atoms with Gasteiger partial charge in [-0.05, 0) is 104 Å². The molecule has 2 aromatic rings. The number of methoxy groups -OCH3 is 2. The molecule has 0 aromatic heterocycles. The highest BCUT2D eigenvalue weighted by molar-refractivity contribution is 6.74. The highest BCUT2D eigenvalue weighted by atomic mass is 28.4. The van der Waals surface area contributed by atoms with Crippen molar-refractivity contribution < 1.29 is 32.6 Å². The second-order valence-corrected chi connectivity index (χ2v) is 26.0. The maximum absolute atomic E-state index is 12.8. The normalized spacial score (nSPS) is 14.8. The Kier molecular flexibility index (Phi) is 17.0. The first-order valence-electron chi connectivity index (χ1n) is 18.3. The van der Waals surface area contributed by atoms with Gasteiger partial charge in [0, 0.05) is 6.61 Å². The van der Waals surface area contributed by atoms with Gasteiger partial charge in [0.1, 0.15) is 17.1 Å². The van der Waals surface area contributed by atoms with E-state index in [-0.39, 0.29) is 34.2 Å². The monoisotopic (exact) mass is 728 g/mol. The molecular formula is C41H68O7Si2. The topological polar surface area (TPSA) is 72.5 Å². The molecule has 0 aliphatic heterocycles. The van der Waals surface area contributed by atoms with Gasteiger partial charge >= 0.3 is 5.97 Å². The third-order valence-electron chi connectivity index (χ3n) is 10.6. The van der Waals surface area contributed by atoms with Crippen LogP contribution in [0.3, 0.4) is 0 Å². The second kappa shape index (κ2) is 19.4. The average Bonchev–Trinajstić information content (AvgIpc) is 3.03. The van der Waals surface area contributed by atoms with Crippen molar-refractivity contribution in [1.29, 1.82) is 0 Å². The summed E-state index contributed by atoms with van der Waals surface area (Å²) in [5, 5.41) is 0.213. The third-order valence-corrected chi connectivity index (χ3v) is 19.6. The van der Waals surface area contributed by atoms with Crippen LogP contribution < -0.4 is 9.47 Å². The van der Waals surface area contributed by atoms with Crippen LogP contribution in [0.25, 0.3) is 0 Å². The van der Waals surface area contributed by atoms with Crippen LogP contribution in [0.2, 0.25) is 36.3 Å². The van der Waals surface area contributed by atoms with Gasteiger partial charge in [-0.25, -0.2) is 4.79 Å². The van der Waals surface area contributed by atoms with Gasteiger partial charge in [-0.1, -0.05) is 84.9 Å². The molecule has 2 rings (SSSR count). The molecule has 0 heterocycles. The standard InChI is InChI=1S/C41H68O7Si2/c1-15-45-39(42)38-33(21-18-22-36(38)44-10)20-17-16-19-31(2)37(48-50(13,14)41(6,7)8)29-35(27-28-47-49(11,12)40(3,4)5)46-30-32-23-25-34(43-9)26-24-32/h16-18,21-26,31,35,37H,15,19-20,27-30H2,1-14H3/b17-16+/t31-,35-,37+/m1/s1. The van der Waals surface area contributed by atoms with Gasteiger partial charge < -0.3 is 27.8 Å². The molecule has 50 heavy (non-hydrogen) atoms. The number of allylic oxidation sites excluding steroid dienone is 2. The molecule has 0 unspecified atom stereocenters. The van der Waals surface area contributed by atoms with Crippen LogP contribution in [0.15, 0.2) is 54.6 Å². The Hall–Kier alpha value is -2.44. The summed E-state index contributed by atoms with van der Waals surface area (Å²) in [5.41, 5.74) is 2.48. The summed E-state index contributed by atoms with van der Waals surface area (Å²) in [6, 6.07) is 13.8. The van der Waals surface area contributed by atoms with Crippen LogP contribution in [0.4, 0.5) is 0 Å². The summed E-state index contributed by atoms with van der Waals surface area (Å²) in [6.45, 7) is 28.6. The first kappa shape index (κ1) is 43.7. The summed E-state index contributed by atoms with van der Waals surface area (Å²) in [6.07, 6.45) is 7.34. The quantitative estimate of drug-likeness (QED) is 0.0763. The molecule has 0 fully saturated rings. The van der Waals surface area contributed by atoms with E-state index in [2.05, 4.69) is 98.9 Å². The van der Waals surface area contributed by atoms with Gasteiger partial charge in [0.15, 0.2) is 16.6 Å². The highest BCUT2D eigenvalue weighted by Crippen LogP contribution is 2.40. The predicted octanol–water partition coefficient (Wildman–Crippen LogP) is 10.8. The molecule has 0 amide bonds. The van der Waals surface area contributed by atoms with Crippen LogP contribution in [-0.2, 0) is 31.4 Å². The van der Waals surface area contributed by atoms with Crippen LogP contribution in [0.1, 0.15) is 96.1 Å². The lowest BCUT2D eigenvalue weighted by molar-refractivity contribution is -0.0154. The molecule has 0 aliphatic carbocycles. The number of benzene rings is 2. The number of rotatable bonds is 20. The first-order chi connectivity index (χ1) is 23.3. The lowest BCUT2D eigenvalue weighted by atomic mass is 9.94. The van der Waals surface area contributed by atoms with Crippen molar-refractivity contribution in [1.82, 2.24) is 0 Å². The molecule has 0 N–H and O–H groups in total. The zero-order chi connectivity index (χ0) is 37.8. The Morgan fingerprint density at radius 2 is 1.50 bits per heavy atom. The van der Waals surface area contributed by atoms with E-state index in [1.54, 1.807) is 20.3 Å². The number of hydrogen-bond acceptors (Lipinski definition) is 7.